The third kappa shape index (κ3) is 13.3. The molecule has 1 aromatic heterocycles. The fourth-order valence-corrected chi connectivity index (χ4v) is 8.32. The number of rotatable bonds is 13. The van der Waals surface area contributed by atoms with Crippen molar-refractivity contribution in [2.45, 2.75) is 196 Å². The van der Waals surface area contributed by atoms with Crippen molar-refractivity contribution < 1.29 is 39.2 Å². The van der Waals surface area contributed by atoms with Gasteiger partial charge in [-0.05, 0) is 90.8 Å². The van der Waals surface area contributed by atoms with Crippen LogP contribution in [0.3, 0.4) is 0 Å². The average Bonchev–Trinajstić information content (AvgIpc) is 3.19. The van der Waals surface area contributed by atoms with Gasteiger partial charge in [-0.3, -0.25) is 14.4 Å². The summed E-state index contributed by atoms with van der Waals surface area (Å²) in [6.07, 6.45) is 0.437. The Labute approximate surface area is 413 Å². The molecule has 4 rings (SSSR count). The van der Waals surface area contributed by atoms with Gasteiger partial charge in [-0.15, -0.1) is 0 Å². The average molecular weight is 970 g/mol. The van der Waals surface area contributed by atoms with Crippen LogP contribution in [0.1, 0.15) is 192 Å². The monoisotopic (exact) mass is 970 g/mol. The molecule has 14 heteroatoms. The number of aromatic nitrogens is 3. The summed E-state index contributed by atoms with van der Waals surface area (Å²) >= 11 is 0. The third-order valence-electron chi connectivity index (χ3n) is 12.4. The summed E-state index contributed by atoms with van der Waals surface area (Å²) in [5.41, 5.74) is -1.17. The number of phenolic OH excluding ortho intramolecular Hbond substituents is 3. The molecule has 384 valence electrons. The van der Waals surface area contributed by atoms with E-state index in [-0.39, 0.29) is 70.2 Å². The molecule has 0 saturated carbocycles. The van der Waals surface area contributed by atoms with Crippen LogP contribution in [0, 0.1) is 0 Å². The molecule has 3 aromatic carbocycles. The quantitative estimate of drug-likeness (QED) is 0.108. The number of hydrogen-bond acceptors (Lipinski definition) is 11. The van der Waals surface area contributed by atoms with Crippen LogP contribution in [0.15, 0.2) is 50.8 Å². The van der Waals surface area contributed by atoms with Crippen LogP contribution in [0.4, 0.5) is 0 Å². The first kappa shape index (κ1) is 56.7. The Kier molecular flexibility index (Phi) is 16.5. The first-order chi connectivity index (χ1) is 31.8. The standard InChI is InChI=1S/C56H79N3O11/c1-51(2,3)36-27-33(28-37(44(36)62)52(4,5)6)19-21-42(60)69-25-23-57-48(66)58(24-26-70-43(61)22-20-34-29-38(53(7,8)9)45(63)39(30-34)54(10,11)12)50(68)59(49(57)67)47(65)35-31-40(55(13,14)15)46(64)41(32-35)56(16,17)18/h27-32,62-64H,19-26H2,1-18H3. The first-order valence-corrected chi connectivity index (χ1v) is 24.2. The fraction of sp³-hybridized carbons (Fsp3) is 0.571. The van der Waals surface area contributed by atoms with E-state index in [4.69, 9.17) is 9.47 Å². The highest BCUT2D eigenvalue weighted by molar-refractivity contribution is 5.96. The molecule has 0 radical (unpaired) electrons. The summed E-state index contributed by atoms with van der Waals surface area (Å²) in [6.45, 7) is 33.0. The first-order valence-electron chi connectivity index (χ1n) is 24.2. The van der Waals surface area contributed by atoms with Crippen LogP contribution in [0.25, 0.3) is 0 Å². The second-order valence-electron chi connectivity index (χ2n) is 24.7. The molecule has 14 nitrogen and oxygen atoms in total. The van der Waals surface area contributed by atoms with Crippen molar-refractivity contribution in [1.29, 1.82) is 0 Å². The van der Waals surface area contributed by atoms with Crippen LogP contribution >= 0.6 is 0 Å². The summed E-state index contributed by atoms with van der Waals surface area (Å²) in [4.78, 5) is 83.4. The van der Waals surface area contributed by atoms with Gasteiger partial charge in [-0.25, -0.2) is 23.5 Å². The van der Waals surface area contributed by atoms with E-state index in [1.54, 1.807) is 0 Å². The van der Waals surface area contributed by atoms with Crippen LogP contribution in [-0.2, 0) is 77.5 Å². The second kappa shape index (κ2) is 20.4. The highest BCUT2D eigenvalue weighted by atomic mass is 16.5. The van der Waals surface area contributed by atoms with Gasteiger partial charge in [0.15, 0.2) is 0 Å². The minimum atomic E-state index is -1.27. The van der Waals surface area contributed by atoms with E-state index in [0.717, 1.165) is 33.4 Å². The minimum Gasteiger partial charge on any atom is -0.507 e. The van der Waals surface area contributed by atoms with Gasteiger partial charge in [0, 0.05) is 29.5 Å². The molecule has 0 aliphatic carbocycles. The largest absolute Gasteiger partial charge is 0.507 e. The molecule has 0 unspecified atom stereocenters. The smallest absolute Gasteiger partial charge is 0.343 e. The summed E-state index contributed by atoms with van der Waals surface area (Å²) in [6, 6.07) is 10.4. The molecule has 0 spiro atoms. The molecule has 70 heavy (non-hydrogen) atoms. The maximum absolute atomic E-state index is 14.5. The van der Waals surface area contributed by atoms with Gasteiger partial charge in [0.25, 0.3) is 5.91 Å². The van der Waals surface area contributed by atoms with E-state index in [1.165, 1.54) is 12.1 Å². The second-order valence-corrected chi connectivity index (χ2v) is 24.7. The maximum atomic E-state index is 14.5. The number of carbonyl (C=O) groups is 3. The number of ether oxygens (including phenoxy) is 2. The van der Waals surface area contributed by atoms with Crippen molar-refractivity contribution >= 4 is 17.8 Å². The SMILES string of the molecule is CC(C)(C)c1cc(CCC(=O)OCCn2c(=O)n(CCOC(=O)CCc3cc(C(C)(C)C)c(O)c(C(C)(C)C)c3)c(=O)n(C(=O)c3cc(C(C)(C)C)c(O)c(C(C)(C)C)c3)c2=O)cc(C(C)(C)C)c1O. The lowest BCUT2D eigenvalue weighted by atomic mass is 9.78. The van der Waals surface area contributed by atoms with Gasteiger partial charge in [0.2, 0.25) is 0 Å². The summed E-state index contributed by atoms with van der Waals surface area (Å²) in [5.74, 6) is -1.91. The molecule has 0 aliphatic rings. The lowest BCUT2D eigenvalue weighted by molar-refractivity contribution is -0.144. The fourth-order valence-electron chi connectivity index (χ4n) is 8.32. The number of nitrogens with zero attached hydrogens (tertiary/aromatic N) is 3. The zero-order valence-corrected chi connectivity index (χ0v) is 45.1. The Balaban J connectivity index is 1.68. The number of benzene rings is 3. The van der Waals surface area contributed by atoms with Crippen molar-refractivity contribution in [2.24, 2.45) is 0 Å². The normalized spacial score (nSPS) is 12.8. The molecule has 0 fully saturated rings. The molecule has 0 atom stereocenters. The Morgan fingerprint density at radius 2 is 0.686 bits per heavy atom. The molecule has 0 amide bonds. The molecular weight excluding hydrogens is 891 g/mol. The number of phenols is 3. The summed E-state index contributed by atoms with van der Waals surface area (Å²) < 4.78 is 12.7. The van der Waals surface area contributed by atoms with Crippen molar-refractivity contribution in [1.82, 2.24) is 13.7 Å². The number of hydrogen-bond donors (Lipinski definition) is 3. The summed E-state index contributed by atoms with van der Waals surface area (Å²) in [5, 5.41) is 33.7. The predicted molar refractivity (Wildman–Crippen MR) is 274 cm³/mol. The zero-order valence-electron chi connectivity index (χ0n) is 45.1. The summed E-state index contributed by atoms with van der Waals surface area (Å²) in [7, 11) is 0. The van der Waals surface area contributed by atoms with Crippen LogP contribution in [-0.4, -0.2) is 60.1 Å². The molecule has 3 N–H and O–H groups in total. The third-order valence-corrected chi connectivity index (χ3v) is 12.4. The van der Waals surface area contributed by atoms with Gasteiger partial charge in [0.1, 0.15) is 30.5 Å². The molecular formula is C56H79N3O11. The van der Waals surface area contributed by atoms with Crippen LogP contribution < -0.4 is 17.1 Å². The van der Waals surface area contributed by atoms with Gasteiger partial charge >= 0.3 is 29.0 Å². The minimum absolute atomic E-state index is 0.0284. The van der Waals surface area contributed by atoms with Gasteiger partial charge in [0.05, 0.1) is 13.1 Å². The van der Waals surface area contributed by atoms with Crippen LogP contribution in [0.2, 0.25) is 0 Å². The van der Waals surface area contributed by atoms with Crippen molar-refractivity contribution in [3.8, 4) is 17.2 Å². The predicted octanol–water partition coefficient (Wildman–Crippen LogP) is 9.11. The Morgan fingerprint density at radius 1 is 0.429 bits per heavy atom. The molecule has 4 aromatic rings. The van der Waals surface area contributed by atoms with Crippen molar-refractivity contribution in [3.63, 3.8) is 0 Å². The molecule has 0 saturated heterocycles. The van der Waals surface area contributed by atoms with Crippen molar-refractivity contribution in [2.75, 3.05) is 13.2 Å². The van der Waals surface area contributed by atoms with E-state index in [2.05, 4.69) is 0 Å². The van der Waals surface area contributed by atoms with E-state index in [1.807, 2.05) is 149 Å². The highest BCUT2D eigenvalue weighted by Gasteiger charge is 2.32. The zero-order chi connectivity index (χ0) is 53.4. The van der Waals surface area contributed by atoms with Gasteiger partial charge < -0.3 is 24.8 Å². The Bertz CT molecular complexity index is 2570. The Morgan fingerprint density at radius 3 is 0.943 bits per heavy atom. The maximum Gasteiger partial charge on any atom is 0.343 e. The number of esters is 2. The number of carbonyl (C=O) groups excluding carboxylic acids is 3. The molecule has 0 bridgehead atoms. The van der Waals surface area contributed by atoms with E-state index < -0.39 is 72.0 Å². The van der Waals surface area contributed by atoms with E-state index >= 15 is 0 Å². The van der Waals surface area contributed by atoms with E-state index in [9.17, 15) is 44.1 Å². The Hall–Kier alpha value is -5.92. The lowest BCUT2D eigenvalue weighted by Gasteiger charge is -2.28. The lowest BCUT2D eigenvalue weighted by Crippen LogP contribution is -2.57. The van der Waals surface area contributed by atoms with Gasteiger partial charge in [-0.1, -0.05) is 149 Å². The number of aryl methyl sites for hydroxylation is 2. The van der Waals surface area contributed by atoms with Crippen LogP contribution in [0.5, 0.6) is 17.2 Å². The van der Waals surface area contributed by atoms with Gasteiger partial charge in [-0.2, -0.15) is 4.57 Å². The van der Waals surface area contributed by atoms with Crippen molar-refractivity contribution in [3.05, 3.63) is 118 Å². The van der Waals surface area contributed by atoms with E-state index in [0.29, 0.717) is 24.8 Å². The molecule has 0 aliphatic heterocycles. The topological polar surface area (TPSA) is 196 Å². The highest BCUT2D eigenvalue weighted by Crippen LogP contribution is 2.42. The number of aromatic hydroxyl groups is 3. The molecule has 1 heterocycles.